The Morgan fingerprint density at radius 3 is 2.78 bits per heavy atom. The lowest BCUT2D eigenvalue weighted by Crippen LogP contribution is -2.28. The second kappa shape index (κ2) is 7.36. The van der Waals surface area contributed by atoms with E-state index in [1.807, 2.05) is 6.92 Å². The van der Waals surface area contributed by atoms with Crippen LogP contribution in [0.3, 0.4) is 0 Å². The van der Waals surface area contributed by atoms with Crippen molar-refractivity contribution in [1.82, 2.24) is 0 Å². The van der Waals surface area contributed by atoms with Gasteiger partial charge < -0.3 is 9.47 Å². The summed E-state index contributed by atoms with van der Waals surface area (Å²) < 4.78 is 24.2. The summed E-state index contributed by atoms with van der Waals surface area (Å²) in [5, 5.41) is 0. The summed E-state index contributed by atoms with van der Waals surface area (Å²) in [6.07, 6.45) is 1.50. The Morgan fingerprint density at radius 2 is 2.22 bits per heavy atom. The third-order valence-corrected chi connectivity index (χ3v) is 2.94. The molecule has 1 unspecified atom stereocenters. The maximum Gasteiger partial charge on any atom is 0.347 e. The quantitative estimate of drug-likeness (QED) is 0.750. The van der Waals surface area contributed by atoms with E-state index in [1.54, 1.807) is 6.07 Å². The first-order chi connectivity index (χ1) is 8.58. The number of rotatable bonds is 6. The second-order valence-corrected chi connectivity index (χ2v) is 4.76. The molecule has 5 heteroatoms. The Bertz CT molecular complexity index is 409. The minimum Gasteiger partial charge on any atom is -0.476 e. The van der Waals surface area contributed by atoms with E-state index in [-0.39, 0.29) is 5.75 Å². The van der Waals surface area contributed by atoms with Crippen molar-refractivity contribution in [2.24, 2.45) is 0 Å². The monoisotopic (exact) mass is 318 g/mol. The molecule has 1 atom stereocenters. The first-order valence-corrected chi connectivity index (χ1v) is 6.57. The number of methoxy groups -OCH3 is 1. The average Bonchev–Trinajstić information content (AvgIpc) is 2.36. The molecule has 3 nitrogen and oxygen atoms in total. The molecule has 0 aromatic heterocycles. The van der Waals surface area contributed by atoms with Gasteiger partial charge in [0, 0.05) is 4.47 Å². The summed E-state index contributed by atoms with van der Waals surface area (Å²) in [6, 6.07) is 4.44. The number of hydrogen-bond donors (Lipinski definition) is 0. The zero-order chi connectivity index (χ0) is 13.5. The number of halogens is 2. The van der Waals surface area contributed by atoms with E-state index in [0.29, 0.717) is 10.9 Å². The number of ether oxygens (including phenoxy) is 2. The molecule has 0 radical (unpaired) electrons. The van der Waals surface area contributed by atoms with Crippen molar-refractivity contribution < 1.29 is 18.7 Å². The largest absolute Gasteiger partial charge is 0.476 e. The fraction of sp³-hybridized carbons (Fsp3) is 0.462. The molecule has 18 heavy (non-hydrogen) atoms. The molecule has 0 aliphatic carbocycles. The van der Waals surface area contributed by atoms with Crippen LogP contribution < -0.4 is 4.74 Å². The van der Waals surface area contributed by atoms with Crippen LogP contribution in [-0.4, -0.2) is 19.2 Å². The topological polar surface area (TPSA) is 35.5 Å². The number of unbranched alkanes of at least 4 members (excludes halogenated alkanes) is 1. The highest BCUT2D eigenvalue weighted by Gasteiger charge is 2.21. The van der Waals surface area contributed by atoms with Crippen LogP contribution in [0, 0.1) is 5.82 Å². The van der Waals surface area contributed by atoms with Gasteiger partial charge in [-0.15, -0.1) is 0 Å². The summed E-state index contributed by atoms with van der Waals surface area (Å²) in [7, 11) is 1.29. The van der Waals surface area contributed by atoms with E-state index in [4.69, 9.17) is 4.74 Å². The van der Waals surface area contributed by atoms with Crippen molar-refractivity contribution in [3.05, 3.63) is 28.5 Å². The third-order valence-electron chi connectivity index (χ3n) is 2.45. The van der Waals surface area contributed by atoms with Crippen molar-refractivity contribution in [2.45, 2.75) is 32.3 Å². The van der Waals surface area contributed by atoms with Crippen molar-refractivity contribution in [1.29, 1.82) is 0 Å². The van der Waals surface area contributed by atoms with Gasteiger partial charge in [0.25, 0.3) is 0 Å². The highest BCUT2D eigenvalue weighted by atomic mass is 79.9. The predicted octanol–water partition coefficient (Wildman–Crippen LogP) is 3.70. The molecule has 1 aromatic rings. The van der Waals surface area contributed by atoms with Crippen LogP contribution in [0.4, 0.5) is 4.39 Å². The van der Waals surface area contributed by atoms with Crippen LogP contribution in [0.1, 0.15) is 26.2 Å². The normalized spacial score (nSPS) is 12.0. The van der Waals surface area contributed by atoms with Gasteiger partial charge in [0.15, 0.2) is 17.7 Å². The van der Waals surface area contributed by atoms with E-state index in [1.165, 1.54) is 19.2 Å². The Morgan fingerprint density at radius 1 is 1.50 bits per heavy atom. The van der Waals surface area contributed by atoms with E-state index >= 15 is 0 Å². The summed E-state index contributed by atoms with van der Waals surface area (Å²) in [6.45, 7) is 2.01. The number of hydrogen-bond acceptors (Lipinski definition) is 3. The molecule has 0 spiro atoms. The number of esters is 1. The molecule has 1 rings (SSSR count). The van der Waals surface area contributed by atoms with Gasteiger partial charge in [0.2, 0.25) is 0 Å². The molecule has 0 saturated carbocycles. The van der Waals surface area contributed by atoms with Crippen LogP contribution in [0.25, 0.3) is 0 Å². The third kappa shape index (κ3) is 4.29. The molecule has 0 heterocycles. The summed E-state index contributed by atoms with van der Waals surface area (Å²) in [5.74, 6) is -0.926. The van der Waals surface area contributed by atoms with Gasteiger partial charge in [-0.05, 0) is 31.0 Å². The molecule has 0 bridgehead atoms. The number of benzene rings is 1. The molecule has 0 N–H and O–H groups in total. The van der Waals surface area contributed by atoms with Crippen LogP contribution in [0.5, 0.6) is 5.75 Å². The maximum atomic E-state index is 13.6. The smallest absolute Gasteiger partial charge is 0.347 e. The first-order valence-electron chi connectivity index (χ1n) is 5.78. The molecular weight excluding hydrogens is 303 g/mol. The highest BCUT2D eigenvalue weighted by Crippen LogP contribution is 2.23. The van der Waals surface area contributed by atoms with Crippen molar-refractivity contribution >= 4 is 21.9 Å². The van der Waals surface area contributed by atoms with Gasteiger partial charge in [0.1, 0.15) is 0 Å². The number of carbonyl (C=O) groups is 1. The standard InChI is InChI=1S/C13H16BrFO3/c1-3-4-5-12(13(16)17-2)18-11-7-6-9(14)8-10(11)15/h6-8,12H,3-5H2,1-2H3. The molecule has 0 amide bonds. The Kier molecular flexibility index (Phi) is 6.12. The molecule has 0 aliphatic heterocycles. The molecule has 0 saturated heterocycles. The van der Waals surface area contributed by atoms with Gasteiger partial charge in [-0.2, -0.15) is 0 Å². The lowest BCUT2D eigenvalue weighted by Gasteiger charge is -2.17. The molecule has 100 valence electrons. The van der Waals surface area contributed by atoms with Crippen LogP contribution >= 0.6 is 15.9 Å². The van der Waals surface area contributed by atoms with Gasteiger partial charge in [-0.25, -0.2) is 9.18 Å². The second-order valence-electron chi connectivity index (χ2n) is 3.85. The average molecular weight is 319 g/mol. The maximum absolute atomic E-state index is 13.6. The minimum absolute atomic E-state index is 0.0599. The SMILES string of the molecule is CCCCC(Oc1ccc(Br)cc1F)C(=O)OC. The van der Waals surface area contributed by atoms with E-state index < -0.39 is 17.9 Å². The summed E-state index contributed by atoms with van der Waals surface area (Å²) in [4.78, 5) is 11.5. The van der Waals surface area contributed by atoms with Gasteiger partial charge in [0.05, 0.1) is 7.11 Å². The molecular formula is C13H16BrFO3. The lowest BCUT2D eigenvalue weighted by molar-refractivity contribution is -0.149. The van der Waals surface area contributed by atoms with E-state index in [2.05, 4.69) is 20.7 Å². The van der Waals surface area contributed by atoms with Crippen molar-refractivity contribution in [3.8, 4) is 5.75 Å². The fourth-order valence-electron chi connectivity index (χ4n) is 1.47. The van der Waals surface area contributed by atoms with Gasteiger partial charge in [-0.1, -0.05) is 29.3 Å². The van der Waals surface area contributed by atoms with Gasteiger partial charge >= 0.3 is 5.97 Å². The molecule has 1 aromatic carbocycles. The fourth-order valence-corrected chi connectivity index (χ4v) is 1.80. The van der Waals surface area contributed by atoms with E-state index in [0.717, 1.165) is 12.8 Å². The highest BCUT2D eigenvalue weighted by molar-refractivity contribution is 9.10. The van der Waals surface area contributed by atoms with Crippen LogP contribution in [-0.2, 0) is 9.53 Å². The van der Waals surface area contributed by atoms with Gasteiger partial charge in [-0.3, -0.25) is 0 Å². The molecule has 0 fully saturated rings. The summed E-state index contributed by atoms with van der Waals surface area (Å²) in [5.41, 5.74) is 0. The zero-order valence-electron chi connectivity index (χ0n) is 10.4. The molecule has 0 aliphatic rings. The Balaban J connectivity index is 2.78. The van der Waals surface area contributed by atoms with Crippen LogP contribution in [0.2, 0.25) is 0 Å². The predicted molar refractivity (Wildman–Crippen MR) is 70.1 cm³/mol. The Hall–Kier alpha value is -1.10. The first kappa shape index (κ1) is 15.0. The lowest BCUT2D eigenvalue weighted by atomic mass is 10.1. The van der Waals surface area contributed by atoms with E-state index in [9.17, 15) is 9.18 Å². The van der Waals surface area contributed by atoms with Crippen LogP contribution in [0.15, 0.2) is 22.7 Å². The number of carbonyl (C=O) groups excluding carboxylic acids is 1. The van der Waals surface area contributed by atoms with Crippen molar-refractivity contribution in [3.63, 3.8) is 0 Å². The minimum atomic E-state index is -0.759. The Labute approximate surface area is 114 Å². The summed E-state index contributed by atoms with van der Waals surface area (Å²) >= 11 is 3.16. The van der Waals surface area contributed by atoms with Crippen molar-refractivity contribution in [2.75, 3.05) is 7.11 Å². The zero-order valence-corrected chi connectivity index (χ0v) is 12.0.